The number of amides is 1. The van der Waals surface area contributed by atoms with E-state index in [1.54, 1.807) is 17.0 Å². The van der Waals surface area contributed by atoms with E-state index in [9.17, 15) is 14.4 Å². The molecule has 7 atom stereocenters. The van der Waals surface area contributed by atoms with Gasteiger partial charge in [-0.2, -0.15) is 5.26 Å². The van der Waals surface area contributed by atoms with Crippen molar-refractivity contribution < 1.29 is 13.9 Å². The molecule has 8 nitrogen and oxygen atoms in total. The van der Waals surface area contributed by atoms with Crippen LogP contribution in [0.5, 0.6) is 0 Å². The molecule has 6 unspecified atom stereocenters. The monoisotopic (exact) mass is 568 g/mol. The van der Waals surface area contributed by atoms with Gasteiger partial charge in [0.2, 0.25) is 5.91 Å². The standard InChI is InChI=1S/C30H41FN6O2S/c1-3-27(38)37-14-13-36(18-22(37)9-11-32)28-24-8-10-30(16-20-6-7-21(31)15-26(20)40-30)17-25(24)33-29(34-28)39-19-23-5-4-12-35(23)2/h3,6-7,15,22-25,28-29,33-34H,1,4-5,8-10,12-14,16-19H2,2H3/t22?,23?,24?,25?,28?,29?,30-/m0/s1. The molecule has 0 bridgehead atoms. The highest BCUT2D eigenvalue weighted by Crippen LogP contribution is 2.54. The molecule has 40 heavy (non-hydrogen) atoms. The fraction of sp³-hybridized carbons (Fsp3) is 0.667. The van der Waals surface area contributed by atoms with Crippen molar-refractivity contribution in [3.8, 4) is 6.07 Å². The van der Waals surface area contributed by atoms with Crippen LogP contribution in [0.1, 0.15) is 44.1 Å². The molecule has 3 saturated heterocycles. The molecule has 4 aliphatic heterocycles. The topological polar surface area (TPSA) is 83.9 Å². The largest absolute Gasteiger partial charge is 0.348 e. The Labute approximate surface area is 241 Å². The molecule has 1 spiro atoms. The zero-order chi connectivity index (χ0) is 27.9. The second-order valence-electron chi connectivity index (χ2n) is 12.2. The van der Waals surface area contributed by atoms with Gasteiger partial charge in [-0.25, -0.2) is 4.39 Å². The maximum absolute atomic E-state index is 14.0. The normalized spacial score (nSPS) is 36.3. The predicted molar refractivity (Wildman–Crippen MR) is 153 cm³/mol. The van der Waals surface area contributed by atoms with Gasteiger partial charge >= 0.3 is 0 Å². The Hall–Kier alpha value is -2.00. The van der Waals surface area contributed by atoms with Crippen LogP contribution < -0.4 is 10.6 Å². The Balaban J connectivity index is 1.20. The lowest BCUT2D eigenvalue weighted by Crippen LogP contribution is -2.72. The number of halogens is 1. The Morgan fingerprint density at radius 2 is 2.17 bits per heavy atom. The number of likely N-dealkylation sites (N-methyl/N-ethyl adjacent to an activating group) is 1. The third-order valence-electron chi connectivity index (χ3n) is 9.82. The molecule has 2 N–H and O–H groups in total. The van der Waals surface area contributed by atoms with Crippen LogP contribution >= 0.6 is 11.8 Å². The van der Waals surface area contributed by atoms with Gasteiger partial charge in [0.25, 0.3) is 0 Å². The minimum absolute atomic E-state index is 0.0703. The molecule has 1 saturated carbocycles. The maximum Gasteiger partial charge on any atom is 0.246 e. The number of nitrogens with zero attached hydrogens (tertiary/aromatic N) is 4. The molecular weight excluding hydrogens is 527 g/mol. The van der Waals surface area contributed by atoms with E-state index in [2.05, 4.69) is 40.1 Å². The first-order valence-electron chi connectivity index (χ1n) is 14.7. The number of nitriles is 1. The van der Waals surface area contributed by atoms with Crippen LogP contribution in [0.2, 0.25) is 0 Å². The number of thioether (sulfide) groups is 1. The summed E-state index contributed by atoms with van der Waals surface area (Å²) in [5, 5.41) is 17.1. The Bertz CT molecular complexity index is 1160. The Morgan fingerprint density at radius 1 is 1.30 bits per heavy atom. The summed E-state index contributed by atoms with van der Waals surface area (Å²) in [7, 11) is 2.17. The number of carbonyl (C=O) groups excluding carboxylic acids is 1. The van der Waals surface area contributed by atoms with Gasteiger partial charge in [-0.15, -0.1) is 11.8 Å². The van der Waals surface area contributed by atoms with Gasteiger partial charge in [0.05, 0.1) is 31.3 Å². The number of benzene rings is 1. The van der Waals surface area contributed by atoms with Gasteiger partial charge in [-0.3, -0.25) is 20.3 Å². The van der Waals surface area contributed by atoms with Gasteiger partial charge in [-0.1, -0.05) is 12.6 Å². The van der Waals surface area contributed by atoms with Crippen LogP contribution in [-0.2, 0) is 16.0 Å². The zero-order valence-electron chi connectivity index (χ0n) is 23.4. The van der Waals surface area contributed by atoms with E-state index in [1.165, 1.54) is 18.1 Å². The van der Waals surface area contributed by atoms with Crippen molar-refractivity contribution in [3.63, 3.8) is 0 Å². The molecule has 1 aliphatic carbocycles. The molecule has 4 fully saturated rings. The van der Waals surface area contributed by atoms with Gasteiger partial charge in [0.1, 0.15) is 5.82 Å². The van der Waals surface area contributed by atoms with Gasteiger partial charge < -0.3 is 14.5 Å². The molecular formula is C30H41FN6O2S. The van der Waals surface area contributed by atoms with Crippen LogP contribution in [0.3, 0.4) is 0 Å². The average Bonchev–Trinajstić information content (AvgIpc) is 3.52. The first-order valence-corrected chi connectivity index (χ1v) is 15.5. The molecule has 1 aromatic carbocycles. The summed E-state index contributed by atoms with van der Waals surface area (Å²) in [5.74, 6) is 0.0975. The van der Waals surface area contributed by atoms with Crippen molar-refractivity contribution in [2.75, 3.05) is 39.8 Å². The molecule has 10 heteroatoms. The highest BCUT2D eigenvalue weighted by molar-refractivity contribution is 8.01. The SMILES string of the molecule is C=CC(=O)N1CCN(C2NC(OCC3CCCN3C)NC3C[C@]4(CCC32)Cc2ccc(F)cc2S4)CC1CC#N. The Morgan fingerprint density at radius 3 is 2.95 bits per heavy atom. The number of hydrogen-bond acceptors (Lipinski definition) is 8. The van der Waals surface area contributed by atoms with E-state index in [0.717, 1.165) is 50.1 Å². The second-order valence-corrected chi connectivity index (χ2v) is 13.8. The molecule has 0 radical (unpaired) electrons. The van der Waals surface area contributed by atoms with Crippen LogP contribution in [0.15, 0.2) is 35.7 Å². The van der Waals surface area contributed by atoms with E-state index < -0.39 is 0 Å². The molecule has 1 amide bonds. The number of rotatable bonds is 6. The quantitative estimate of drug-likeness (QED) is 0.507. The number of fused-ring (bicyclic) bond motifs is 2. The van der Waals surface area contributed by atoms with E-state index in [0.29, 0.717) is 38.1 Å². The molecule has 5 aliphatic rings. The number of likely N-dealkylation sites (tertiary alicyclic amines) is 1. The number of hydrogen-bond donors (Lipinski definition) is 2. The maximum atomic E-state index is 14.0. The number of carbonyl (C=O) groups is 1. The summed E-state index contributed by atoms with van der Waals surface area (Å²) >= 11 is 1.86. The lowest BCUT2D eigenvalue weighted by molar-refractivity contribution is -0.135. The predicted octanol–water partition coefficient (Wildman–Crippen LogP) is 2.91. The average molecular weight is 569 g/mol. The number of ether oxygens (including phenoxy) is 1. The lowest BCUT2D eigenvalue weighted by atomic mass is 9.73. The summed E-state index contributed by atoms with van der Waals surface area (Å²) in [6, 6.07) is 8.06. The highest BCUT2D eigenvalue weighted by Gasteiger charge is 2.51. The summed E-state index contributed by atoms with van der Waals surface area (Å²) < 4.78 is 20.6. The van der Waals surface area contributed by atoms with E-state index in [4.69, 9.17) is 4.74 Å². The van der Waals surface area contributed by atoms with Crippen molar-refractivity contribution in [2.45, 2.75) is 85.2 Å². The third-order valence-corrected chi connectivity index (χ3v) is 11.4. The first kappa shape index (κ1) is 28.1. The van der Waals surface area contributed by atoms with Crippen LogP contribution in [0.25, 0.3) is 0 Å². The smallest absolute Gasteiger partial charge is 0.246 e. The van der Waals surface area contributed by atoms with Crippen LogP contribution in [0.4, 0.5) is 4.39 Å². The minimum atomic E-state index is -0.274. The molecule has 6 rings (SSSR count). The number of nitrogens with one attached hydrogen (secondary N) is 2. The van der Waals surface area contributed by atoms with Crippen molar-refractivity contribution >= 4 is 17.7 Å². The summed E-state index contributed by atoms with van der Waals surface area (Å²) in [4.78, 5) is 20.2. The first-order chi connectivity index (χ1) is 19.4. The molecule has 216 valence electrons. The van der Waals surface area contributed by atoms with Crippen molar-refractivity contribution in [2.24, 2.45) is 5.92 Å². The van der Waals surface area contributed by atoms with Crippen molar-refractivity contribution in [3.05, 3.63) is 42.2 Å². The summed E-state index contributed by atoms with van der Waals surface area (Å²) in [6.45, 7) is 7.43. The van der Waals surface area contributed by atoms with Crippen LogP contribution in [-0.4, -0.2) is 95.8 Å². The van der Waals surface area contributed by atoms with E-state index in [-0.39, 0.29) is 41.1 Å². The molecule has 0 aromatic heterocycles. The van der Waals surface area contributed by atoms with Crippen molar-refractivity contribution in [1.82, 2.24) is 25.3 Å². The summed E-state index contributed by atoms with van der Waals surface area (Å²) in [6.07, 6.45) is 7.92. The fourth-order valence-corrected chi connectivity index (χ4v) is 9.31. The van der Waals surface area contributed by atoms with E-state index >= 15 is 0 Å². The minimum Gasteiger partial charge on any atom is -0.348 e. The van der Waals surface area contributed by atoms with E-state index in [1.807, 2.05) is 17.8 Å². The third kappa shape index (κ3) is 5.57. The van der Waals surface area contributed by atoms with Gasteiger partial charge in [0, 0.05) is 47.3 Å². The zero-order valence-corrected chi connectivity index (χ0v) is 24.2. The Kier molecular flexibility index (Phi) is 8.23. The van der Waals surface area contributed by atoms with Gasteiger partial charge in [0.15, 0.2) is 6.35 Å². The highest BCUT2D eigenvalue weighted by atomic mass is 32.2. The fourth-order valence-electron chi connectivity index (χ4n) is 7.69. The van der Waals surface area contributed by atoms with Crippen LogP contribution in [0, 0.1) is 23.1 Å². The van der Waals surface area contributed by atoms with Gasteiger partial charge in [-0.05, 0) is 75.9 Å². The van der Waals surface area contributed by atoms with Crippen molar-refractivity contribution in [1.29, 1.82) is 5.26 Å². The second kappa shape index (κ2) is 11.7. The lowest BCUT2D eigenvalue weighted by Gasteiger charge is -2.55. The number of piperazine rings is 1. The molecule has 1 aromatic rings. The molecule has 4 heterocycles. The summed E-state index contributed by atoms with van der Waals surface area (Å²) in [5.41, 5.74) is 1.26.